The Morgan fingerprint density at radius 3 is 2.50 bits per heavy atom. The SMILES string of the molecule is CCCC1(C2CCN(Cc3ccc(OCC)cc3)CC2)NC(=O)N(CC2CCCO2)C1=O. The van der Waals surface area contributed by atoms with Gasteiger partial charge in [0.15, 0.2) is 0 Å². The topological polar surface area (TPSA) is 71.1 Å². The lowest BCUT2D eigenvalue weighted by atomic mass is 9.74. The molecule has 3 aliphatic rings. The van der Waals surface area contributed by atoms with Gasteiger partial charge in [-0.1, -0.05) is 25.5 Å². The van der Waals surface area contributed by atoms with Gasteiger partial charge in [0.1, 0.15) is 11.3 Å². The van der Waals surface area contributed by atoms with Crippen molar-refractivity contribution in [3.63, 3.8) is 0 Å². The number of piperidine rings is 1. The van der Waals surface area contributed by atoms with Crippen molar-refractivity contribution in [3.05, 3.63) is 29.8 Å². The molecule has 4 rings (SSSR count). The molecule has 1 aromatic carbocycles. The van der Waals surface area contributed by atoms with Crippen LogP contribution >= 0.6 is 0 Å². The van der Waals surface area contributed by atoms with Crippen molar-refractivity contribution >= 4 is 11.9 Å². The van der Waals surface area contributed by atoms with E-state index >= 15 is 0 Å². The van der Waals surface area contributed by atoms with Gasteiger partial charge in [0.2, 0.25) is 0 Å². The third kappa shape index (κ3) is 4.79. The normalized spacial score (nSPS) is 27.2. The van der Waals surface area contributed by atoms with E-state index in [0.29, 0.717) is 19.6 Å². The molecule has 3 amide bonds. The Kier molecular flexibility index (Phi) is 7.36. The van der Waals surface area contributed by atoms with Crippen LogP contribution < -0.4 is 10.1 Å². The largest absolute Gasteiger partial charge is 0.494 e. The molecule has 0 radical (unpaired) electrons. The van der Waals surface area contributed by atoms with Crippen molar-refractivity contribution < 1.29 is 19.1 Å². The van der Waals surface area contributed by atoms with Crippen LogP contribution in [0, 0.1) is 5.92 Å². The minimum Gasteiger partial charge on any atom is -0.494 e. The van der Waals surface area contributed by atoms with Crippen molar-refractivity contribution in [2.45, 2.75) is 70.6 Å². The molecule has 32 heavy (non-hydrogen) atoms. The number of hydrogen-bond acceptors (Lipinski definition) is 5. The first-order valence-corrected chi connectivity index (χ1v) is 12.3. The first-order valence-electron chi connectivity index (χ1n) is 12.3. The fourth-order valence-corrected chi connectivity index (χ4v) is 5.55. The first-order chi connectivity index (χ1) is 15.6. The summed E-state index contributed by atoms with van der Waals surface area (Å²) in [5.41, 5.74) is 0.513. The maximum Gasteiger partial charge on any atom is 0.325 e. The Bertz CT molecular complexity index is 785. The van der Waals surface area contributed by atoms with E-state index in [1.54, 1.807) is 0 Å². The van der Waals surface area contributed by atoms with Gasteiger partial charge in [-0.05, 0) is 75.7 Å². The van der Waals surface area contributed by atoms with Crippen LogP contribution in [0.1, 0.15) is 57.9 Å². The summed E-state index contributed by atoms with van der Waals surface area (Å²) < 4.78 is 11.2. The Morgan fingerprint density at radius 1 is 1.12 bits per heavy atom. The van der Waals surface area contributed by atoms with Crippen LogP contribution in [0.4, 0.5) is 4.79 Å². The maximum absolute atomic E-state index is 13.5. The number of carbonyl (C=O) groups excluding carboxylic acids is 2. The number of imide groups is 1. The average molecular weight is 444 g/mol. The number of ether oxygens (including phenoxy) is 2. The molecule has 1 N–H and O–H groups in total. The predicted molar refractivity (Wildman–Crippen MR) is 122 cm³/mol. The molecule has 3 fully saturated rings. The second-order valence-electron chi connectivity index (χ2n) is 9.33. The summed E-state index contributed by atoms with van der Waals surface area (Å²) in [5.74, 6) is 1.04. The van der Waals surface area contributed by atoms with E-state index < -0.39 is 5.54 Å². The summed E-state index contributed by atoms with van der Waals surface area (Å²) in [4.78, 5) is 30.2. The van der Waals surface area contributed by atoms with Gasteiger partial charge in [0.05, 0.1) is 19.3 Å². The highest BCUT2D eigenvalue weighted by Crippen LogP contribution is 2.37. The lowest BCUT2D eigenvalue weighted by Gasteiger charge is -2.41. The zero-order chi connectivity index (χ0) is 22.6. The predicted octanol–water partition coefficient (Wildman–Crippen LogP) is 3.57. The summed E-state index contributed by atoms with van der Waals surface area (Å²) in [7, 11) is 0. The van der Waals surface area contributed by atoms with Crippen molar-refractivity contribution in [2.24, 2.45) is 5.92 Å². The van der Waals surface area contributed by atoms with E-state index in [1.165, 1.54) is 10.5 Å². The zero-order valence-corrected chi connectivity index (χ0v) is 19.5. The molecule has 0 aromatic heterocycles. The fraction of sp³-hybridized carbons (Fsp3) is 0.680. The number of benzene rings is 1. The van der Waals surface area contributed by atoms with E-state index in [2.05, 4.69) is 29.3 Å². The summed E-state index contributed by atoms with van der Waals surface area (Å²) >= 11 is 0. The van der Waals surface area contributed by atoms with Gasteiger partial charge in [-0.25, -0.2) is 4.79 Å². The quantitative estimate of drug-likeness (QED) is 0.591. The number of hydrogen-bond donors (Lipinski definition) is 1. The molecule has 0 spiro atoms. The van der Waals surface area contributed by atoms with Gasteiger partial charge in [-0.3, -0.25) is 14.6 Å². The van der Waals surface area contributed by atoms with E-state index in [1.807, 2.05) is 19.1 Å². The zero-order valence-electron chi connectivity index (χ0n) is 19.5. The second kappa shape index (κ2) is 10.2. The molecule has 7 heteroatoms. The van der Waals surface area contributed by atoms with Crippen LogP contribution in [-0.4, -0.2) is 66.2 Å². The molecule has 1 aromatic rings. The van der Waals surface area contributed by atoms with Crippen molar-refractivity contribution in [3.8, 4) is 5.75 Å². The molecule has 3 heterocycles. The lowest BCUT2D eigenvalue weighted by Crippen LogP contribution is -2.56. The molecule has 2 atom stereocenters. The fourth-order valence-electron chi connectivity index (χ4n) is 5.55. The minimum absolute atomic E-state index is 0.0157. The van der Waals surface area contributed by atoms with E-state index in [9.17, 15) is 9.59 Å². The molecule has 176 valence electrons. The number of amides is 3. The van der Waals surface area contributed by atoms with Gasteiger partial charge in [-0.15, -0.1) is 0 Å². The van der Waals surface area contributed by atoms with Gasteiger partial charge in [-0.2, -0.15) is 0 Å². The van der Waals surface area contributed by atoms with Crippen molar-refractivity contribution in [1.29, 1.82) is 0 Å². The third-order valence-electron chi connectivity index (χ3n) is 7.18. The van der Waals surface area contributed by atoms with Crippen LogP contribution in [-0.2, 0) is 16.1 Å². The Hall–Kier alpha value is -2.12. The van der Waals surface area contributed by atoms with Gasteiger partial charge < -0.3 is 14.8 Å². The number of urea groups is 1. The number of nitrogens with zero attached hydrogens (tertiary/aromatic N) is 2. The maximum atomic E-state index is 13.5. The van der Waals surface area contributed by atoms with Crippen molar-refractivity contribution in [1.82, 2.24) is 15.1 Å². The molecule has 7 nitrogen and oxygen atoms in total. The van der Waals surface area contributed by atoms with Crippen LogP contribution in [0.15, 0.2) is 24.3 Å². The molecule has 2 unspecified atom stereocenters. The molecule has 0 saturated carbocycles. The summed E-state index contributed by atoms with van der Waals surface area (Å²) in [6.07, 6.45) is 5.30. The standard InChI is InChI=1S/C25H37N3O4/c1-3-13-25(23(29)28(24(30)26-25)18-22-6-5-16-32-22)20-11-14-27(15-12-20)17-19-7-9-21(10-8-19)31-4-2/h7-10,20,22H,3-6,11-18H2,1-2H3,(H,26,30). The van der Waals surface area contributed by atoms with E-state index in [-0.39, 0.29) is 24.0 Å². The number of carbonyl (C=O) groups is 2. The Labute approximate surface area is 191 Å². The monoisotopic (exact) mass is 443 g/mol. The Morgan fingerprint density at radius 2 is 1.88 bits per heavy atom. The molecular formula is C25H37N3O4. The van der Waals surface area contributed by atoms with Gasteiger partial charge >= 0.3 is 6.03 Å². The Balaban J connectivity index is 1.37. The molecule has 0 aliphatic carbocycles. The van der Waals surface area contributed by atoms with Crippen LogP contribution in [0.25, 0.3) is 0 Å². The third-order valence-corrected chi connectivity index (χ3v) is 7.18. The highest BCUT2D eigenvalue weighted by molar-refractivity contribution is 6.07. The molecular weight excluding hydrogens is 406 g/mol. The van der Waals surface area contributed by atoms with Crippen molar-refractivity contribution in [2.75, 3.05) is 32.8 Å². The van der Waals surface area contributed by atoms with Crippen LogP contribution in [0.3, 0.4) is 0 Å². The first kappa shape index (κ1) is 23.1. The van der Waals surface area contributed by atoms with Gasteiger partial charge in [0.25, 0.3) is 5.91 Å². The van der Waals surface area contributed by atoms with E-state index in [0.717, 1.165) is 64.1 Å². The van der Waals surface area contributed by atoms with Crippen LogP contribution in [0.2, 0.25) is 0 Å². The number of likely N-dealkylation sites (tertiary alicyclic amines) is 1. The summed E-state index contributed by atoms with van der Waals surface area (Å²) in [6, 6.07) is 8.06. The number of rotatable bonds is 9. The average Bonchev–Trinajstić information content (AvgIpc) is 3.39. The van der Waals surface area contributed by atoms with Crippen LogP contribution in [0.5, 0.6) is 5.75 Å². The number of nitrogens with one attached hydrogen (secondary N) is 1. The molecule has 0 bridgehead atoms. The smallest absolute Gasteiger partial charge is 0.325 e. The summed E-state index contributed by atoms with van der Waals surface area (Å²) in [6.45, 7) is 8.61. The molecule has 3 saturated heterocycles. The highest BCUT2D eigenvalue weighted by atomic mass is 16.5. The summed E-state index contributed by atoms with van der Waals surface area (Å²) in [5, 5.41) is 3.14. The highest BCUT2D eigenvalue weighted by Gasteiger charge is 2.55. The lowest BCUT2D eigenvalue weighted by molar-refractivity contribution is -0.135. The van der Waals surface area contributed by atoms with E-state index in [4.69, 9.17) is 9.47 Å². The second-order valence-corrected chi connectivity index (χ2v) is 9.33. The minimum atomic E-state index is -0.754. The van der Waals surface area contributed by atoms with Gasteiger partial charge in [0, 0.05) is 13.2 Å². The molecule has 3 aliphatic heterocycles.